The predicted octanol–water partition coefficient (Wildman–Crippen LogP) is 1.66. The van der Waals surface area contributed by atoms with Gasteiger partial charge in [0, 0.05) is 57.9 Å². The summed E-state index contributed by atoms with van der Waals surface area (Å²) in [5.41, 5.74) is 0. The number of hydrogen-bond acceptors (Lipinski definition) is 7. The quantitative estimate of drug-likeness (QED) is 0.816. The lowest BCUT2D eigenvalue weighted by molar-refractivity contribution is -0.143. The monoisotopic (exact) mass is 388 g/mol. The molecule has 3 saturated heterocycles. The van der Waals surface area contributed by atoms with Gasteiger partial charge in [0.25, 0.3) is 0 Å². The molecule has 0 radical (unpaired) electrons. The Bertz CT molecular complexity index is 668. The number of aliphatic carboxylic acids is 1. The molecule has 2 unspecified atom stereocenters. The highest BCUT2D eigenvalue weighted by atomic mass is 16.4. The van der Waals surface area contributed by atoms with E-state index in [0.29, 0.717) is 0 Å². The van der Waals surface area contributed by atoms with Crippen LogP contribution in [0, 0.1) is 0 Å². The van der Waals surface area contributed by atoms with Crippen molar-refractivity contribution >= 4 is 23.6 Å². The molecule has 4 rings (SSSR count). The molecule has 8 nitrogen and oxygen atoms in total. The Hall–Kier alpha value is -2.09. The number of rotatable bonds is 5. The highest BCUT2D eigenvalue weighted by molar-refractivity contribution is 5.73. The zero-order valence-electron chi connectivity index (χ0n) is 17.0. The van der Waals surface area contributed by atoms with E-state index in [-0.39, 0.29) is 6.04 Å². The lowest BCUT2D eigenvalue weighted by Crippen LogP contribution is -2.56. The van der Waals surface area contributed by atoms with Crippen LogP contribution in [0.5, 0.6) is 0 Å². The Labute approximate surface area is 167 Å². The van der Waals surface area contributed by atoms with Gasteiger partial charge in [0.15, 0.2) is 0 Å². The van der Waals surface area contributed by atoms with Crippen molar-refractivity contribution in [1.29, 1.82) is 0 Å². The largest absolute Gasteiger partial charge is 0.480 e. The lowest BCUT2D eigenvalue weighted by Gasteiger charge is -2.42. The third-order valence-electron chi connectivity index (χ3n) is 6.36. The van der Waals surface area contributed by atoms with Crippen LogP contribution in [0.2, 0.25) is 0 Å². The molecular formula is C20H32N6O2. The van der Waals surface area contributed by atoms with Crippen molar-refractivity contribution in [3.63, 3.8) is 0 Å². The maximum absolute atomic E-state index is 11.4. The minimum Gasteiger partial charge on any atom is -0.480 e. The van der Waals surface area contributed by atoms with Crippen LogP contribution < -0.4 is 14.7 Å². The molecule has 0 spiro atoms. The lowest BCUT2D eigenvalue weighted by atomic mass is 10.1. The Balaban J connectivity index is 1.57. The third-order valence-corrected chi connectivity index (χ3v) is 6.36. The number of carbonyl (C=O) groups is 1. The summed E-state index contributed by atoms with van der Waals surface area (Å²) >= 11 is 0. The van der Waals surface area contributed by atoms with E-state index in [1.54, 1.807) is 6.92 Å². The number of anilines is 3. The summed E-state index contributed by atoms with van der Waals surface area (Å²) in [6.45, 7) is 10.4. The average molecular weight is 389 g/mol. The smallest absolute Gasteiger partial charge is 0.320 e. The van der Waals surface area contributed by atoms with Crippen molar-refractivity contribution in [2.45, 2.75) is 51.6 Å². The number of piperazine rings is 1. The average Bonchev–Trinajstić information content (AvgIpc) is 3.41. The van der Waals surface area contributed by atoms with Gasteiger partial charge in [-0.15, -0.1) is 0 Å². The second-order valence-corrected chi connectivity index (χ2v) is 8.32. The fourth-order valence-corrected chi connectivity index (χ4v) is 4.64. The highest BCUT2D eigenvalue weighted by Crippen LogP contribution is 2.28. The number of hydrogen-bond donors (Lipinski definition) is 1. The van der Waals surface area contributed by atoms with Crippen LogP contribution in [0.3, 0.4) is 0 Å². The minimum absolute atomic E-state index is 0.167. The molecule has 3 fully saturated rings. The molecule has 0 aliphatic carbocycles. The van der Waals surface area contributed by atoms with Crippen LogP contribution in [0.25, 0.3) is 0 Å². The van der Waals surface area contributed by atoms with E-state index in [2.05, 4.69) is 32.6 Å². The fourth-order valence-electron chi connectivity index (χ4n) is 4.64. The van der Waals surface area contributed by atoms with Crippen LogP contribution in [0.1, 0.15) is 39.5 Å². The Kier molecular flexibility index (Phi) is 5.57. The molecule has 1 N–H and O–H groups in total. The molecule has 0 aromatic carbocycles. The first kappa shape index (κ1) is 19.2. The van der Waals surface area contributed by atoms with Crippen LogP contribution in [0.15, 0.2) is 6.07 Å². The van der Waals surface area contributed by atoms with Gasteiger partial charge in [-0.3, -0.25) is 9.69 Å². The molecule has 2 atom stereocenters. The Morgan fingerprint density at radius 1 is 0.964 bits per heavy atom. The Morgan fingerprint density at radius 2 is 1.54 bits per heavy atom. The number of aromatic nitrogens is 2. The van der Waals surface area contributed by atoms with Gasteiger partial charge in [0.2, 0.25) is 5.95 Å². The van der Waals surface area contributed by atoms with E-state index in [9.17, 15) is 9.90 Å². The molecule has 1 aromatic heterocycles. The summed E-state index contributed by atoms with van der Waals surface area (Å²) < 4.78 is 0. The van der Waals surface area contributed by atoms with Crippen molar-refractivity contribution in [1.82, 2.24) is 14.9 Å². The van der Waals surface area contributed by atoms with E-state index in [1.165, 1.54) is 25.7 Å². The second kappa shape index (κ2) is 8.11. The van der Waals surface area contributed by atoms with Crippen molar-refractivity contribution in [2.24, 2.45) is 0 Å². The first-order chi connectivity index (χ1) is 13.5. The topological polar surface area (TPSA) is 76.0 Å². The van der Waals surface area contributed by atoms with Crippen LogP contribution in [-0.4, -0.2) is 83.8 Å². The van der Waals surface area contributed by atoms with E-state index < -0.39 is 12.0 Å². The van der Waals surface area contributed by atoms with Crippen molar-refractivity contribution in [2.75, 3.05) is 60.5 Å². The van der Waals surface area contributed by atoms with Gasteiger partial charge in [-0.1, -0.05) is 0 Å². The zero-order valence-corrected chi connectivity index (χ0v) is 17.0. The van der Waals surface area contributed by atoms with Gasteiger partial charge < -0.3 is 19.8 Å². The van der Waals surface area contributed by atoms with Crippen LogP contribution >= 0.6 is 0 Å². The van der Waals surface area contributed by atoms with Gasteiger partial charge in [0.05, 0.1) is 0 Å². The summed E-state index contributed by atoms with van der Waals surface area (Å²) in [7, 11) is 0. The van der Waals surface area contributed by atoms with Crippen molar-refractivity contribution < 1.29 is 9.90 Å². The first-order valence-corrected chi connectivity index (χ1v) is 10.7. The number of nitrogens with zero attached hydrogens (tertiary/aromatic N) is 6. The van der Waals surface area contributed by atoms with Crippen LogP contribution in [-0.2, 0) is 4.79 Å². The predicted molar refractivity (Wildman–Crippen MR) is 110 cm³/mol. The van der Waals surface area contributed by atoms with E-state index in [0.717, 1.165) is 63.4 Å². The van der Waals surface area contributed by atoms with Gasteiger partial charge in [0.1, 0.15) is 17.7 Å². The summed E-state index contributed by atoms with van der Waals surface area (Å²) in [6.07, 6.45) is 4.85. The molecule has 8 heteroatoms. The maximum atomic E-state index is 11.4. The SMILES string of the molecule is CC1CN(c2cc(N3CCCC3)nc(N3CCCC3)n2)CCN1C(C)C(=O)O. The maximum Gasteiger partial charge on any atom is 0.320 e. The molecule has 28 heavy (non-hydrogen) atoms. The molecule has 4 heterocycles. The molecule has 0 amide bonds. The van der Waals surface area contributed by atoms with Gasteiger partial charge in [-0.05, 0) is 39.5 Å². The summed E-state index contributed by atoms with van der Waals surface area (Å²) in [5, 5.41) is 9.36. The zero-order chi connectivity index (χ0) is 19.7. The molecule has 0 bridgehead atoms. The molecular weight excluding hydrogens is 356 g/mol. The molecule has 0 saturated carbocycles. The van der Waals surface area contributed by atoms with Crippen molar-refractivity contribution in [3.05, 3.63) is 6.07 Å². The van der Waals surface area contributed by atoms with Gasteiger partial charge in [-0.2, -0.15) is 9.97 Å². The van der Waals surface area contributed by atoms with E-state index in [1.807, 2.05) is 0 Å². The van der Waals surface area contributed by atoms with Gasteiger partial charge in [-0.25, -0.2) is 0 Å². The molecule has 154 valence electrons. The van der Waals surface area contributed by atoms with Crippen molar-refractivity contribution in [3.8, 4) is 0 Å². The molecule has 3 aliphatic heterocycles. The standard InChI is InChI=1S/C20H32N6O2/c1-15-14-25(11-12-26(15)16(2)19(27)28)18-13-17(23-7-3-4-8-23)21-20(22-18)24-9-5-6-10-24/h13,15-16H,3-12,14H2,1-2H3,(H,27,28). The fraction of sp³-hybridized carbons (Fsp3) is 0.750. The summed E-state index contributed by atoms with van der Waals surface area (Å²) in [4.78, 5) is 30.3. The normalized spacial score (nSPS) is 24.8. The highest BCUT2D eigenvalue weighted by Gasteiger charge is 2.32. The molecule has 3 aliphatic rings. The first-order valence-electron chi connectivity index (χ1n) is 10.7. The third kappa shape index (κ3) is 3.87. The second-order valence-electron chi connectivity index (χ2n) is 8.32. The van der Waals surface area contributed by atoms with Gasteiger partial charge >= 0.3 is 5.97 Å². The number of carboxylic acid groups (broad SMARTS) is 1. The van der Waals surface area contributed by atoms with E-state index >= 15 is 0 Å². The van der Waals surface area contributed by atoms with Crippen LogP contribution in [0.4, 0.5) is 17.6 Å². The van der Waals surface area contributed by atoms with E-state index in [4.69, 9.17) is 9.97 Å². The Morgan fingerprint density at radius 3 is 2.11 bits per heavy atom. The summed E-state index contributed by atoms with van der Waals surface area (Å²) in [6, 6.07) is 1.84. The summed E-state index contributed by atoms with van der Waals surface area (Å²) in [5.74, 6) is 2.12. The minimum atomic E-state index is -0.755. The molecule has 1 aromatic rings. The number of carboxylic acids is 1.